The Kier molecular flexibility index (Phi) is 5.46. The van der Waals surface area contributed by atoms with E-state index in [1.54, 1.807) is 48.5 Å². The molecule has 0 bridgehead atoms. The average Bonchev–Trinajstić information content (AvgIpc) is 2.54. The molecule has 0 saturated carbocycles. The van der Waals surface area contributed by atoms with Crippen molar-refractivity contribution in [3.05, 3.63) is 60.2 Å². The van der Waals surface area contributed by atoms with E-state index in [0.29, 0.717) is 11.4 Å². The molecule has 0 aromatic heterocycles. The molecular weight excluding hydrogens is 296 g/mol. The smallest absolute Gasteiger partial charge is 0.257 e. The fraction of sp³-hybridized carbons (Fsp3) is 0.118. The van der Waals surface area contributed by atoms with Crippen LogP contribution < -0.4 is 15.7 Å². The molecule has 6 heteroatoms. The predicted molar refractivity (Wildman–Crippen MR) is 83.7 cm³/mol. The molecule has 6 nitrogen and oxygen atoms in total. The largest absolute Gasteiger partial charge is 0.550 e. The molecule has 2 aromatic carbocycles. The number of carbonyl (C=O) groups excluding carboxylic acids is 3. The van der Waals surface area contributed by atoms with Crippen LogP contribution in [0.15, 0.2) is 54.6 Å². The van der Waals surface area contributed by atoms with Crippen LogP contribution >= 0.6 is 0 Å². The molecule has 0 aliphatic rings. The number of carboxylic acid groups (broad SMARTS) is 1. The first kappa shape index (κ1) is 16.2. The van der Waals surface area contributed by atoms with Gasteiger partial charge in [0.15, 0.2) is 0 Å². The zero-order chi connectivity index (χ0) is 16.7. The maximum absolute atomic E-state index is 12.3. The maximum Gasteiger partial charge on any atom is 0.257 e. The molecule has 23 heavy (non-hydrogen) atoms. The predicted octanol–water partition coefficient (Wildman–Crippen LogP) is 1.41. The van der Waals surface area contributed by atoms with Crippen LogP contribution in [0.2, 0.25) is 0 Å². The Morgan fingerprint density at radius 3 is 2.17 bits per heavy atom. The van der Waals surface area contributed by atoms with Crippen LogP contribution in [0.5, 0.6) is 0 Å². The maximum atomic E-state index is 12.3. The summed E-state index contributed by atoms with van der Waals surface area (Å²) in [5, 5.41) is 15.6. The molecule has 0 saturated heterocycles. The summed E-state index contributed by atoms with van der Waals surface area (Å²) >= 11 is 0. The van der Waals surface area contributed by atoms with Crippen molar-refractivity contribution >= 4 is 29.2 Å². The zero-order valence-corrected chi connectivity index (χ0v) is 12.2. The minimum Gasteiger partial charge on any atom is -0.550 e. The molecule has 2 amide bonds. The summed E-state index contributed by atoms with van der Waals surface area (Å²) in [6, 6.07) is 15.4. The molecule has 0 spiro atoms. The molecule has 0 heterocycles. The average molecular weight is 311 g/mol. The lowest BCUT2D eigenvalue weighted by molar-refractivity contribution is -0.305. The van der Waals surface area contributed by atoms with Gasteiger partial charge in [-0.3, -0.25) is 9.59 Å². The second-order valence-corrected chi connectivity index (χ2v) is 4.79. The molecule has 0 atom stereocenters. The van der Waals surface area contributed by atoms with Crippen LogP contribution in [0.4, 0.5) is 11.4 Å². The molecule has 0 radical (unpaired) electrons. The van der Waals surface area contributed by atoms with Crippen molar-refractivity contribution in [1.82, 2.24) is 0 Å². The number of anilines is 2. The number of amides is 2. The molecule has 2 rings (SSSR count). The van der Waals surface area contributed by atoms with E-state index in [1.807, 2.05) is 6.07 Å². The third kappa shape index (κ3) is 4.96. The third-order valence-corrected chi connectivity index (χ3v) is 3.03. The first-order valence-corrected chi connectivity index (χ1v) is 7.01. The van der Waals surface area contributed by atoms with Crippen molar-refractivity contribution in [3.63, 3.8) is 0 Å². The van der Waals surface area contributed by atoms with Crippen molar-refractivity contribution in [2.45, 2.75) is 12.8 Å². The normalized spacial score (nSPS) is 9.91. The van der Waals surface area contributed by atoms with Crippen molar-refractivity contribution in [2.75, 3.05) is 10.6 Å². The fourth-order valence-electron chi connectivity index (χ4n) is 1.94. The summed E-state index contributed by atoms with van der Waals surface area (Å²) in [6.07, 6.45) is -0.582. The molecule has 0 unspecified atom stereocenters. The van der Waals surface area contributed by atoms with E-state index in [0.717, 1.165) is 0 Å². The monoisotopic (exact) mass is 311 g/mol. The molecular formula is C17H15N2O4-. The Morgan fingerprint density at radius 1 is 0.826 bits per heavy atom. The Bertz CT molecular complexity index is 714. The van der Waals surface area contributed by atoms with Crippen LogP contribution in [0.1, 0.15) is 23.2 Å². The lowest BCUT2D eigenvalue weighted by Crippen LogP contribution is -2.24. The lowest BCUT2D eigenvalue weighted by Gasteiger charge is -2.11. The van der Waals surface area contributed by atoms with E-state index in [1.165, 1.54) is 0 Å². The van der Waals surface area contributed by atoms with Crippen molar-refractivity contribution < 1.29 is 19.5 Å². The first-order chi connectivity index (χ1) is 11.1. The van der Waals surface area contributed by atoms with Gasteiger partial charge < -0.3 is 20.5 Å². The number of hydrogen-bond acceptors (Lipinski definition) is 4. The molecule has 118 valence electrons. The van der Waals surface area contributed by atoms with E-state index in [4.69, 9.17) is 0 Å². The van der Waals surface area contributed by atoms with Gasteiger partial charge in [-0.2, -0.15) is 0 Å². The Balaban J connectivity index is 2.09. The lowest BCUT2D eigenvalue weighted by atomic mass is 10.1. The van der Waals surface area contributed by atoms with Crippen LogP contribution in [0.25, 0.3) is 0 Å². The highest BCUT2D eigenvalue weighted by Gasteiger charge is 2.13. The van der Waals surface area contributed by atoms with Crippen molar-refractivity contribution in [3.8, 4) is 0 Å². The van der Waals surface area contributed by atoms with Gasteiger partial charge in [0, 0.05) is 18.1 Å². The number of nitrogens with one attached hydrogen (secondary N) is 2. The van der Waals surface area contributed by atoms with Crippen LogP contribution in [0, 0.1) is 0 Å². The summed E-state index contributed by atoms with van der Waals surface area (Å²) in [5.74, 6) is -2.16. The van der Waals surface area contributed by atoms with E-state index < -0.39 is 11.9 Å². The number of aliphatic carboxylic acids is 1. The molecule has 2 aromatic rings. The van der Waals surface area contributed by atoms with E-state index in [-0.39, 0.29) is 24.3 Å². The molecule has 2 N–H and O–H groups in total. The highest BCUT2D eigenvalue weighted by Crippen LogP contribution is 2.17. The highest BCUT2D eigenvalue weighted by molar-refractivity contribution is 6.10. The van der Waals surface area contributed by atoms with Crippen molar-refractivity contribution in [2.24, 2.45) is 0 Å². The summed E-state index contributed by atoms with van der Waals surface area (Å²) in [6.45, 7) is 0. The van der Waals surface area contributed by atoms with E-state index in [9.17, 15) is 19.5 Å². The van der Waals surface area contributed by atoms with Gasteiger partial charge in [0.25, 0.3) is 5.91 Å². The number of carboxylic acids is 1. The Hall–Kier alpha value is -3.15. The summed E-state index contributed by atoms with van der Waals surface area (Å²) in [4.78, 5) is 34.4. The van der Waals surface area contributed by atoms with E-state index in [2.05, 4.69) is 10.6 Å². The fourth-order valence-corrected chi connectivity index (χ4v) is 1.94. The quantitative estimate of drug-likeness (QED) is 0.842. The van der Waals surface area contributed by atoms with Crippen LogP contribution in [0.3, 0.4) is 0 Å². The van der Waals surface area contributed by atoms with Crippen LogP contribution in [-0.2, 0) is 9.59 Å². The summed E-state index contributed by atoms with van der Waals surface area (Å²) in [7, 11) is 0. The van der Waals surface area contributed by atoms with Gasteiger partial charge in [-0.05, 0) is 30.7 Å². The van der Waals surface area contributed by atoms with Gasteiger partial charge in [0.1, 0.15) is 0 Å². The van der Waals surface area contributed by atoms with Crippen LogP contribution in [-0.4, -0.2) is 17.8 Å². The highest BCUT2D eigenvalue weighted by atomic mass is 16.4. The topological polar surface area (TPSA) is 98.3 Å². The third-order valence-electron chi connectivity index (χ3n) is 3.03. The Morgan fingerprint density at radius 2 is 1.48 bits per heavy atom. The second-order valence-electron chi connectivity index (χ2n) is 4.79. The molecule has 0 aliphatic heterocycles. The van der Waals surface area contributed by atoms with Gasteiger partial charge in [-0.15, -0.1) is 0 Å². The zero-order valence-electron chi connectivity index (χ0n) is 12.2. The summed E-state index contributed by atoms with van der Waals surface area (Å²) < 4.78 is 0. The number of rotatable bonds is 6. The number of hydrogen-bond donors (Lipinski definition) is 2. The van der Waals surface area contributed by atoms with Gasteiger partial charge in [-0.25, -0.2) is 0 Å². The molecule has 0 aliphatic carbocycles. The van der Waals surface area contributed by atoms with Gasteiger partial charge in [-0.1, -0.05) is 30.3 Å². The standard InChI is InChI=1S/C17H16N2O4/c20-15(10-11-16(21)22)19-14-9-5-4-8-13(14)17(23)18-12-6-2-1-3-7-12/h1-9H,10-11H2,(H,18,23)(H,19,20)(H,21,22)/p-1. The number of benzene rings is 2. The van der Waals surface area contributed by atoms with Gasteiger partial charge >= 0.3 is 0 Å². The number of carbonyl (C=O) groups is 3. The SMILES string of the molecule is O=C([O-])CCC(=O)Nc1ccccc1C(=O)Nc1ccccc1. The van der Waals surface area contributed by atoms with Gasteiger partial charge in [0.05, 0.1) is 11.3 Å². The number of para-hydroxylation sites is 2. The van der Waals surface area contributed by atoms with Gasteiger partial charge in [0.2, 0.25) is 5.91 Å². The summed E-state index contributed by atoms with van der Waals surface area (Å²) in [5.41, 5.74) is 1.25. The minimum absolute atomic E-state index is 0.211. The molecule has 0 fully saturated rings. The van der Waals surface area contributed by atoms with E-state index >= 15 is 0 Å². The van der Waals surface area contributed by atoms with Crippen molar-refractivity contribution in [1.29, 1.82) is 0 Å². The second kappa shape index (κ2) is 7.74. The first-order valence-electron chi connectivity index (χ1n) is 7.01. The minimum atomic E-state index is -1.30. The Labute approximate surface area is 133 Å².